The Hall–Kier alpha value is -1.90. The smallest absolute Gasteiger partial charge is 0.251 e. The highest BCUT2D eigenvalue weighted by molar-refractivity contribution is 5.83. The highest BCUT2D eigenvalue weighted by atomic mass is 16.1. The molecule has 1 heterocycles. The number of ketones is 1. The van der Waals surface area contributed by atoms with E-state index in [4.69, 9.17) is 0 Å². The lowest BCUT2D eigenvalue weighted by molar-refractivity contribution is -0.116. The van der Waals surface area contributed by atoms with Gasteiger partial charge in [0.1, 0.15) is 5.78 Å². The molecule has 1 aromatic carbocycles. The van der Waals surface area contributed by atoms with Crippen molar-refractivity contribution in [1.82, 2.24) is 4.98 Å². The van der Waals surface area contributed by atoms with Crippen LogP contribution in [0.3, 0.4) is 0 Å². The van der Waals surface area contributed by atoms with Crippen LogP contribution < -0.4 is 5.56 Å². The summed E-state index contributed by atoms with van der Waals surface area (Å²) in [6.07, 6.45) is 0.924. The molecule has 1 N–H and O–H groups in total. The lowest BCUT2D eigenvalue weighted by Gasteiger charge is -2.07. The van der Waals surface area contributed by atoms with Gasteiger partial charge in [-0.2, -0.15) is 0 Å². The van der Waals surface area contributed by atoms with Crippen LogP contribution in [0.15, 0.2) is 23.0 Å². The van der Waals surface area contributed by atoms with E-state index in [9.17, 15) is 9.59 Å². The molecular formula is C15H17NO2. The first-order valence-electron chi connectivity index (χ1n) is 6.10. The number of pyridine rings is 1. The molecule has 18 heavy (non-hydrogen) atoms. The van der Waals surface area contributed by atoms with Crippen LogP contribution >= 0.6 is 0 Å². The number of H-pyrrole nitrogens is 1. The van der Waals surface area contributed by atoms with E-state index in [0.29, 0.717) is 18.4 Å². The highest BCUT2D eigenvalue weighted by Crippen LogP contribution is 2.19. The first-order valence-corrected chi connectivity index (χ1v) is 6.10. The van der Waals surface area contributed by atoms with Crippen molar-refractivity contribution in [2.45, 2.75) is 33.6 Å². The number of carbonyl (C=O) groups excluding carboxylic acids is 1. The fourth-order valence-electron chi connectivity index (χ4n) is 2.07. The maximum absolute atomic E-state index is 11.9. The van der Waals surface area contributed by atoms with Gasteiger partial charge in [-0.15, -0.1) is 0 Å². The molecule has 0 aliphatic heterocycles. The van der Waals surface area contributed by atoms with Crippen molar-refractivity contribution >= 4 is 16.7 Å². The number of Topliss-reactive ketones (excluding diaryl/α,β-unsaturated/α-hetero) is 1. The Morgan fingerprint density at radius 2 is 2.00 bits per heavy atom. The van der Waals surface area contributed by atoms with Crippen LogP contribution in [0.1, 0.15) is 30.0 Å². The topological polar surface area (TPSA) is 49.9 Å². The van der Waals surface area contributed by atoms with Crippen LogP contribution in [-0.2, 0) is 11.2 Å². The summed E-state index contributed by atoms with van der Waals surface area (Å²) >= 11 is 0. The molecule has 0 spiro atoms. The summed E-state index contributed by atoms with van der Waals surface area (Å²) in [5.74, 6) is 0.106. The molecule has 94 valence electrons. The Balaban J connectivity index is 2.53. The van der Waals surface area contributed by atoms with Crippen molar-refractivity contribution in [3.05, 3.63) is 45.2 Å². The van der Waals surface area contributed by atoms with Gasteiger partial charge in [0.05, 0.1) is 5.52 Å². The van der Waals surface area contributed by atoms with Gasteiger partial charge in [0.2, 0.25) is 0 Å². The third-order valence-corrected chi connectivity index (χ3v) is 3.37. The van der Waals surface area contributed by atoms with Crippen LogP contribution in [0.4, 0.5) is 0 Å². The second-order valence-electron chi connectivity index (χ2n) is 4.80. The quantitative estimate of drug-likeness (QED) is 0.901. The lowest BCUT2D eigenvalue weighted by Crippen LogP contribution is -2.14. The Bertz CT molecular complexity index is 668. The summed E-state index contributed by atoms with van der Waals surface area (Å²) < 4.78 is 0. The highest BCUT2D eigenvalue weighted by Gasteiger charge is 2.07. The minimum absolute atomic E-state index is 0.0857. The molecule has 0 saturated carbocycles. The largest absolute Gasteiger partial charge is 0.321 e. The molecule has 0 unspecified atom stereocenters. The Labute approximate surface area is 106 Å². The zero-order valence-corrected chi connectivity index (χ0v) is 11.0. The average molecular weight is 243 g/mol. The van der Waals surface area contributed by atoms with Gasteiger partial charge in [-0.25, -0.2) is 0 Å². The molecule has 0 aliphatic carbocycles. The molecule has 3 heteroatoms. The Morgan fingerprint density at radius 1 is 1.28 bits per heavy atom. The summed E-state index contributed by atoms with van der Waals surface area (Å²) in [6.45, 7) is 5.57. The summed E-state index contributed by atoms with van der Waals surface area (Å²) in [6, 6.07) is 5.94. The maximum atomic E-state index is 11.9. The number of carbonyl (C=O) groups is 1. The second-order valence-corrected chi connectivity index (χ2v) is 4.80. The van der Waals surface area contributed by atoms with Crippen molar-refractivity contribution < 1.29 is 4.79 Å². The van der Waals surface area contributed by atoms with Gasteiger partial charge in [0.25, 0.3) is 5.56 Å². The summed E-state index contributed by atoms with van der Waals surface area (Å²) in [5.41, 5.74) is 3.75. The van der Waals surface area contributed by atoms with Crippen molar-refractivity contribution in [1.29, 1.82) is 0 Å². The third-order valence-electron chi connectivity index (χ3n) is 3.37. The number of hydrogen-bond donors (Lipinski definition) is 1. The first-order chi connectivity index (χ1) is 8.49. The van der Waals surface area contributed by atoms with Crippen LogP contribution in [0, 0.1) is 13.8 Å². The summed E-state index contributed by atoms with van der Waals surface area (Å²) in [7, 11) is 0. The van der Waals surface area contributed by atoms with Crippen LogP contribution in [0.2, 0.25) is 0 Å². The van der Waals surface area contributed by atoms with Gasteiger partial charge in [0, 0.05) is 12.0 Å². The minimum Gasteiger partial charge on any atom is -0.321 e. The average Bonchev–Trinajstić information content (AvgIpc) is 2.32. The number of hydrogen-bond acceptors (Lipinski definition) is 2. The number of aromatic amines is 1. The number of benzene rings is 1. The zero-order chi connectivity index (χ0) is 13.3. The van der Waals surface area contributed by atoms with Crippen LogP contribution in [-0.4, -0.2) is 10.8 Å². The Kier molecular flexibility index (Phi) is 3.32. The summed E-state index contributed by atoms with van der Waals surface area (Å²) in [4.78, 5) is 25.8. The number of aryl methyl sites for hydroxylation is 3. The van der Waals surface area contributed by atoms with Crippen molar-refractivity contribution in [3.8, 4) is 0 Å². The van der Waals surface area contributed by atoms with Gasteiger partial charge in [0.15, 0.2) is 0 Å². The predicted octanol–water partition coefficient (Wildman–Crippen LogP) is 2.67. The molecule has 0 fully saturated rings. The van der Waals surface area contributed by atoms with E-state index in [1.54, 1.807) is 6.92 Å². The van der Waals surface area contributed by atoms with Gasteiger partial charge < -0.3 is 9.78 Å². The van der Waals surface area contributed by atoms with Crippen LogP contribution in [0.5, 0.6) is 0 Å². The van der Waals surface area contributed by atoms with E-state index < -0.39 is 0 Å². The predicted molar refractivity (Wildman–Crippen MR) is 73.0 cm³/mol. The van der Waals surface area contributed by atoms with Gasteiger partial charge in [-0.3, -0.25) is 4.79 Å². The van der Waals surface area contributed by atoms with E-state index in [1.807, 2.05) is 32.0 Å². The number of aromatic nitrogens is 1. The number of nitrogens with one attached hydrogen (secondary N) is 1. The molecule has 1 aromatic heterocycles. The number of fused-ring (bicyclic) bond motifs is 1. The molecule has 0 radical (unpaired) electrons. The van der Waals surface area contributed by atoms with Crippen molar-refractivity contribution in [2.75, 3.05) is 0 Å². The monoisotopic (exact) mass is 243 g/mol. The summed E-state index contributed by atoms with van der Waals surface area (Å²) in [5, 5.41) is 1.02. The van der Waals surface area contributed by atoms with Gasteiger partial charge in [-0.05, 0) is 49.8 Å². The standard InChI is InChI=1S/C15H17NO2/c1-9-4-6-12-8-13(7-5-10(2)17)15(18)16-14(12)11(9)3/h4,6,8H,5,7H2,1-3H3,(H,16,18). The van der Waals surface area contributed by atoms with Crippen molar-refractivity contribution in [3.63, 3.8) is 0 Å². The molecule has 0 amide bonds. The van der Waals surface area contributed by atoms with E-state index in [1.165, 1.54) is 0 Å². The molecular weight excluding hydrogens is 226 g/mol. The van der Waals surface area contributed by atoms with E-state index in [0.717, 1.165) is 22.0 Å². The van der Waals surface area contributed by atoms with E-state index in [-0.39, 0.29) is 11.3 Å². The first kappa shape index (κ1) is 12.6. The van der Waals surface area contributed by atoms with Crippen LogP contribution in [0.25, 0.3) is 10.9 Å². The molecule has 0 saturated heterocycles. The SMILES string of the molecule is CC(=O)CCc1cc2ccc(C)c(C)c2[nH]c1=O. The maximum Gasteiger partial charge on any atom is 0.251 e. The van der Waals surface area contributed by atoms with Gasteiger partial charge in [-0.1, -0.05) is 12.1 Å². The molecule has 2 aromatic rings. The van der Waals surface area contributed by atoms with Crippen molar-refractivity contribution in [2.24, 2.45) is 0 Å². The van der Waals surface area contributed by atoms with Gasteiger partial charge >= 0.3 is 0 Å². The number of rotatable bonds is 3. The lowest BCUT2D eigenvalue weighted by atomic mass is 10.0. The molecule has 0 atom stereocenters. The minimum atomic E-state index is -0.0857. The zero-order valence-electron chi connectivity index (χ0n) is 11.0. The second kappa shape index (κ2) is 4.77. The Morgan fingerprint density at radius 3 is 2.67 bits per heavy atom. The normalized spacial score (nSPS) is 10.8. The molecule has 0 aliphatic rings. The fraction of sp³-hybridized carbons (Fsp3) is 0.333. The molecule has 3 nitrogen and oxygen atoms in total. The fourth-order valence-corrected chi connectivity index (χ4v) is 2.07. The third kappa shape index (κ3) is 2.35. The van der Waals surface area contributed by atoms with E-state index >= 15 is 0 Å². The molecule has 2 rings (SSSR count). The molecule has 0 bridgehead atoms. The van der Waals surface area contributed by atoms with E-state index in [2.05, 4.69) is 4.98 Å².